The largest absolute Gasteiger partial charge is 0.456 e. The van der Waals surface area contributed by atoms with E-state index in [1.54, 1.807) is 0 Å². The molecule has 7 aromatic carbocycles. The van der Waals surface area contributed by atoms with Gasteiger partial charge in [0, 0.05) is 63.9 Å². The zero-order chi connectivity index (χ0) is 31.5. The molecule has 0 aliphatic rings. The van der Waals surface area contributed by atoms with E-state index in [4.69, 9.17) is 4.42 Å². The molecule has 0 atom stereocenters. The molecule has 0 N–H and O–H groups in total. The molecular formula is C43H23N3OS. The van der Waals surface area contributed by atoms with Gasteiger partial charge < -0.3 is 13.6 Å². The summed E-state index contributed by atoms with van der Waals surface area (Å²) in [5.41, 5.74) is 9.08. The molecule has 0 radical (unpaired) electrons. The Bertz CT molecular complexity index is 3200. The molecule has 0 saturated carbocycles. The molecule has 222 valence electrons. The lowest BCUT2D eigenvalue weighted by atomic mass is 10.1. The van der Waals surface area contributed by atoms with E-state index in [0.29, 0.717) is 5.56 Å². The summed E-state index contributed by atoms with van der Waals surface area (Å²) in [7, 11) is 0. The summed E-state index contributed by atoms with van der Waals surface area (Å²) in [4.78, 5) is 0. The van der Waals surface area contributed by atoms with Crippen LogP contribution in [0.3, 0.4) is 0 Å². The van der Waals surface area contributed by atoms with Crippen LogP contribution >= 0.6 is 11.3 Å². The Kier molecular flexibility index (Phi) is 5.03. The molecule has 11 rings (SSSR count). The van der Waals surface area contributed by atoms with Gasteiger partial charge in [-0.15, -0.1) is 11.3 Å². The predicted molar refractivity (Wildman–Crippen MR) is 200 cm³/mol. The summed E-state index contributed by atoms with van der Waals surface area (Å²) in [6.07, 6.45) is 0. The van der Waals surface area contributed by atoms with Crippen LogP contribution in [-0.4, -0.2) is 9.13 Å². The van der Waals surface area contributed by atoms with Gasteiger partial charge in [0.25, 0.3) is 0 Å². The fraction of sp³-hybridized carbons (Fsp3) is 0. The lowest BCUT2D eigenvalue weighted by Gasteiger charge is -2.09. The van der Waals surface area contributed by atoms with E-state index >= 15 is 0 Å². The first-order chi connectivity index (χ1) is 23.7. The average Bonchev–Trinajstić information content (AvgIpc) is 3.87. The number of fused-ring (bicyclic) bond motifs is 12. The molecular weight excluding hydrogens is 607 g/mol. The standard InChI is InChI=1S/C43H23N3OS/c44-24-25-13-16-38-31(19-25)28-7-1-4-10-36(28)45(38)26-14-17-40-33(20-26)34-21-27(15-18-41(34)47-40)46-37-11-5-2-8-29(37)32-23-43-35(22-39(32)46)30-9-3-6-12-42(30)48-43/h1-23H. The Morgan fingerprint density at radius 3 is 1.71 bits per heavy atom. The van der Waals surface area contributed by atoms with Crippen molar-refractivity contribution in [3.8, 4) is 17.4 Å². The summed E-state index contributed by atoms with van der Waals surface area (Å²) < 4.78 is 13.7. The third-order valence-corrected chi connectivity index (χ3v) is 11.1. The number of hydrogen-bond donors (Lipinski definition) is 0. The number of nitriles is 1. The van der Waals surface area contributed by atoms with Crippen molar-refractivity contribution in [3.05, 3.63) is 145 Å². The van der Waals surface area contributed by atoms with E-state index in [1.165, 1.54) is 42.0 Å². The van der Waals surface area contributed by atoms with Gasteiger partial charge in [-0.2, -0.15) is 5.26 Å². The van der Waals surface area contributed by atoms with Gasteiger partial charge in [-0.3, -0.25) is 0 Å². The van der Waals surface area contributed by atoms with Crippen LogP contribution in [0.2, 0.25) is 0 Å². The van der Waals surface area contributed by atoms with Crippen LogP contribution in [0.5, 0.6) is 0 Å². The minimum atomic E-state index is 0.659. The third kappa shape index (κ3) is 3.42. The molecule has 0 bridgehead atoms. The molecule has 0 aliphatic carbocycles. The van der Waals surface area contributed by atoms with E-state index in [1.807, 2.05) is 23.5 Å². The van der Waals surface area contributed by atoms with Gasteiger partial charge in [0.05, 0.1) is 33.7 Å². The highest BCUT2D eigenvalue weighted by Crippen LogP contribution is 2.42. The predicted octanol–water partition coefficient (Wildman–Crippen LogP) is 12.0. The molecule has 0 amide bonds. The van der Waals surface area contributed by atoms with Gasteiger partial charge in [0.2, 0.25) is 0 Å². The van der Waals surface area contributed by atoms with E-state index in [2.05, 4.69) is 143 Å². The zero-order valence-electron chi connectivity index (χ0n) is 25.4. The number of nitrogens with zero attached hydrogens (tertiary/aromatic N) is 3. The Morgan fingerprint density at radius 1 is 0.438 bits per heavy atom. The highest BCUT2D eigenvalue weighted by Gasteiger charge is 2.18. The summed E-state index contributed by atoms with van der Waals surface area (Å²) >= 11 is 1.86. The maximum atomic E-state index is 9.61. The second-order valence-corrected chi connectivity index (χ2v) is 13.6. The van der Waals surface area contributed by atoms with Gasteiger partial charge in [-0.1, -0.05) is 54.6 Å². The Morgan fingerprint density at radius 2 is 1.02 bits per heavy atom. The van der Waals surface area contributed by atoms with Gasteiger partial charge >= 0.3 is 0 Å². The van der Waals surface area contributed by atoms with Crippen LogP contribution in [-0.2, 0) is 0 Å². The Hall–Kier alpha value is -6.35. The van der Waals surface area contributed by atoms with Crippen molar-refractivity contribution in [2.45, 2.75) is 0 Å². The maximum absolute atomic E-state index is 9.61. The minimum Gasteiger partial charge on any atom is -0.456 e. The van der Waals surface area contributed by atoms with Crippen molar-refractivity contribution in [2.24, 2.45) is 0 Å². The summed E-state index contributed by atoms with van der Waals surface area (Å²) in [5.74, 6) is 0. The SMILES string of the molecule is N#Cc1ccc2c(c1)c1ccccc1n2-c1ccc2oc3ccc(-n4c5ccccc5c5cc6sc7ccccc7c6cc54)cc3c2c1. The molecule has 5 heteroatoms. The van der Waals surface area contributed by atoms with Crippen LogP contribution in [0.1, 0.15) is 5.56 Å². The fourth-order valence-electron chi connectivity index (χ4n) is 7.82. The molecule has 4 aromatic heterocycles. The number of furan rings is 1. The number of rotatable bonds is 2. The van der Waals surface area contributed by atoms with Crippen molar-refractivity contribution < 1.29 is 4.42 Å². The van der Waals surface area contributed by atoms with Gasteiger partial charge in [0.15, 0.2) is 0 Å². The van der Waals surface area contributed by atoms with Crippen LogP contribution in [0, 0.1) is 11.3 Å². The topological polar surface area (TPSA) is 46.8 Å². The van der Waals surface area contributed by atoms with Gasteiger partial charge in [-0.25, -0.2) is 0 Å². The Labute approximate surface area is 277 Å². The van der Waals surface area contributed by atoms with Crippen LogP contribution in [0.25, 0.3) is 97.1 Å². The smallest absolute Gasteiger partial charge is 0.135 e. The Balaban J connectivity index is 1.17. The number of para-hydroxylation sites is 2. The molecule has 4 heterocycles. The first kappa shape index (κ1) is 25.8. The molecule has 0 spiro atoms. The first-order valence-corrected chi connectivity index (χ1v) is 16.8. The van der Waals surface area contributed by atoms with Gasteiger partial charge in [-0.05, 0) is 84.9 Å². The van der Waals surface area contributed by atoms with Crippen LogP contribution in [0.4, 0.5) is 0 Å². The molecule has 48 heavy (non-hydrogen) atoms. The highest BCUT2D eigenvalue weighted by molar-refractivity contribution is 7.25. The van der Waals surface area contributed by atoms with E-state index in [9.17, 15) is 5.26 Å². The summed E-state index contributed by atoms with van der Waals surface area (Å²) in [6.45, 7) is 0. The normalized spacial score (nSPS) is 12.1. The quantitative estimate of drug-likeness (QED) is 0.191. The van der Waals surface area contributed by atoms with Crippen LogP contribution in [0.15, 0.2) is 144 Å². The number of hydrogen-bond acceptors (Lipinski definition) is 3. The van der Waals surface area contributed by atoms with E-state index in [0.717, 1.165) is 55.1 Å². The average molecular weight is 630 g/mol. The highest BCUT2D eigenvalue weighted by atomic mass is 32.1. The number of aromatic nitrogens is 2. The van der Waals surface area contributed by atoms with Crippen molar-refractivity contribution in [1.82, 2.24) is 9.13 Å². The van der Waals surface area contributed by atoms with Gasteiger partial charge in [0.1, 0.15) is 11.2 Å². The zero-order valence-corrected chi connectivity index (χ0v) is 26.3. The second-order valence-electron chi connectivity index (χ2n) is 12.5. The van der Waals surface area contributed by atoms with Crippen molar-refractivity contribution >= 4 is 97.1 Å². The summed E-state index contributed by atoms with van der Waals surface area (Å²) in [6, 6.07) is 51.8. The number of benzene rings is 7. The van der Waals surface area contributed by atoms with E-state index < -0.39 is 0 Å². The van der Waals surface area contributed by atoms with Crippen molar-refractivity contribution in [1.29, 1.82) is 5.26 Å². The molecule has 4 nitrogen and oxygen atoms in total. The van der Waals surface area contributed by atoms with Crippen LogP contribution < -0.4 is 0 Å². The molecule has 0 saturated heterocycles. The lowest BCUT2D eigenvalue weighted by Crippen LogP contribution is -1.94. The molecule has 0 aliphatic heterocycles. The molecule has 0 fully saturated rings. The lowest BCUT2D eigenvalue weighted by molar-refractivity contribution is 0.669. The molecule has 0 unspecified atom stereocenters. The number of thiophene rings is 1. The molecule has 11 aromatic rings. The van der Waals surface area contributed by atoms with Crippen molar-refractivity contribution in [2.75, 3.05) is 0 Å². The monoisotopic (exact) mass is 629 g/mol. The van der Waals surface area contributed by atoms with E-state index in [-0.39, 0.29) is 0 Å². The van der Waals surface area contributed by atoms with Crippen molar-refractivity contribution in [3.63, 3.8) is 0 Å². The maximum Gasteiger partial charge on any atom is 0.135 e. The first-order valence-electron chi connectivity index (χ1n) is 16.0. The second kappa shape index (κ2) is 9.36. The third-order valence-electron chi connectivity index (χ3n) is 9.93. The summed E-state index contributed by atoms with van der Waals surface area (Å²) in [5, 5.41) is 19.0. The fourth-order valence-corrected chi connectivity index (χ4v) is 8.94. The minimum absolute atomic E-state index is 0.659.